The van der Waals surface area contributed by atoms with E-state index in [-0.39, 0.29) is 78.9 Å². The third-order valence-corrected chi connectivity index (χ3v) is 10.4. The van der Waals surface area contributed by atoms with Crippen molar-refractivity contribution >= 4 is 34.1 Å². The molecule has 3 N–H and O–H groups in total. The number of nitrogens with zero attached hydrogens (tertiary/aromatic N) is 6. The summed E-state index contributed by atoms with van der Waals surface area (Å²) in [6.45, 7) is 3.71. The normalized spacial score (nSPS) is 27.4. The molecule has 3 aromatic rings. The highest BCUT2D eigenvalue weighted by Gasteiger charge is 2.50. The van der Waals surface area contributed by atoms with E-state index in [4.69, 9.17) is 26.8 Å². The van der Waals surface area contributed by atoms with Crippen LogP contribution in [-0.4, -0.2) is 81.7 Å². The number of hydrogen-bond donors (Lipinski definition) is 2. The van der Waals surface area contributed by atoms with Crippen LogP contribution in [0.4, 0.5) is 33.6 Å². The second-order valence-electron chi connectivity index (χ2n) is 13.3. The van der Waals surface area contributed by atoms with E-state index in [1.54, 1.807) is 4.90 Å². The molecule has 4 unspecified atom stereocenters. The number of aryl methyl sites for hydroxylation is 1. The Balaban J connectivity index is 1.45. The van der Waals surface area contributed by atoms with Gasteiger partial charge in [0, 0.05) is 19.5 Å². The molecule has 2 saturated heterocycles. The Kier molecular flexibility index (Phi) is 7.99. The van der Waals surface area contributed by atoms with Gasteiger partial charge in [0.2, 0.25) is 0 Å². The van der Waals surface area contributed by atoms with E-state index >= 15 is 4.39 Å². The maximum atomic E-state index is 17.0. The lowest BCUT2D eigenvalue weighted by Crippen LogP contribution is -2.47. The molecular weight excluding hydrogens is 661 g/mol. The van der Waals surface area contributed by atoms with Crippen LogP contribution in [0.3, 0.4) is 0 Å². The van der Waals surface area contributed by atoms with Gasteiger partial charge < -0.3 is 25.2 Å². The van der Waals surface area contributed by atoms with Crippen LogP contribution < -0.4 is 20.1 Å². The second kappa shape index (κ2) is 11.7. The molecule has 5 heterocycles. The molecule has 2 aromatic heterocycles. The van der Waals surface area contributed by atoms with Crippen LogP contribution in [0.25, 0.3) is 22.2 Å². The Morgan fingerprint density at radius 3 is 2.77 bits per heavy atom. The number of aromatic nitrogens is 3. The van der Waals surface area contributed by atoms with Crippen molar-refractivity contribution in [2.75, 3.05) is 43.5 Å². The molecule has 1 saturated carbocycles. The molecule has 7 rings (SSSR count). The minimum Gasteiger partial charge on any atom is -0.489 e. The van der Waals surface area contributed by atoms with Crippen LogP contribution in [0.15, 0.2) is 6.07 Å². The van der Waals surface area contributed by atoms with Crippen molar-refractivity contribution in [1.29, 1.82) is 5.26 Å². The number of nitrogens with two attached hydrogens (primary N) is 1. The van der Waals surface area contributed by atoms with Crippen LogP contribution in [0.2, 0.25) is 5.02 Å². The van der Waals surface area contributed by atoms with Crippen LogP contribution >= 0.6 is 11.6 Å². The lowest BCUT2D eigenvalue weighted by molar-refractivity contribution is -0.137. The molecule has 48 heavy (non-hydrogen) atoms. The summed E-state index contributed by atoms with van der Waals surface area (Å²) in [6.07, 6.45) is -4.66. The lowest BCUT2D eigenvalue weighted by Gasteiger charge is -2.33. The van der Waals surface area contributed by atoms with Gasteiger partial charge in [-0.25, -0.2) is 13.8 Å². The van der Waals surface area contributed by atoms with Gasteiger partial charge in [-0.1, -0.05) is 11.6 Å². The molecule has 1 aliphatic carbocycles. The van der Waals surface area contributed by atoms with Crippen LogP contribution in [0.1, 0.15) is 43.7 Å². The summed E-state index contributed by atoms with van der Waals surface area (Å²) >= 11 is 6.77. The van der Waals surface area contributed by atoms with Gasteiger partial charge in [-0.15, -0.1) is 0 Å². The van der Waals surface area contributed by atoms with Gasteiger partial charge in [0.05, 0.1) is 56.9 Å². The van der Waals surface area contributed by atoms with Crippen molar-refractivity contribution in [3.8, 4) is 29.1 Å². The first-order valence-corrected chi connectivity index (χ1v) is 16.2. The number of ether oxygens (including phenoxy) is 2. The largest absolute Gasteiger partial charge is 0.489 e. The zero-order valence-electron chi connectivity index (χ0n) is 26.1. The van der Waals surface area contributed by atoms with Crippen LogP contribution in [0, 0.1) is 35.9 Å². The number of benzene rings is 1. The number of anilines is 2. The number of aliphatic hydroxyl groups is 1. The van der Waals surface area contributed by atoms with Crippen molar-refractivity contribution in [2.45, 2.75) is 69.6 Å². The first kappa shape index (κ1) is 32.8. The van der Waals surface area contributed by atoms with Gasteiger partial charge in [0.1, 0.15) is 36.5 Å². The summed E-state index contributed by atoms with van der Waals surface area (Å²) in [5, 5.41) is 19.9. The molecule has 16 heteroatoms. The summed E-state index contributed by atoms with van der Waals surface area (Å²) in [6, 6.07) is 2.19. The van der Waals surface area contributed by atoms with Gasteiger partial charge in [-0.3, -0.25) is 4.90 Å². The van der Waals surface area contributed by atoms with Gasteiger partial charge in [0.25, 0.3) is 0 Å². The fraction of sp³-hybridized carbons (Fsp3) is 0.562. The molecule has 6 atom stereocenters. The molecule has 3 fully saturated rings. The van der Waals surface area contributed by atoms with E-state index in [0.29, 0.717) is 19.4 Å². The zero-order chi connectivity index (χ0) is 34.3. The number of halogens is 6. The summed E-state index contributed by atoms with van der Waals surface area (Å²) in [5.74, 6) is -1.97. The Morgan fingerprint density at radius 1 is 1.31 bits per heavy atom. The number of aliphatic hydroxyl groups excluding tert-OH is 1. The number of alkyl halides is 4. The molecule has 0 radical (unpaired) electrons. The average molecular weight is 694 g/mol. The highest BCUT2D eigenvalue weighted by atomic mass is 35.5. The number of rotatable bonds is 7. The fourth-order valence-electron chi connectivity index (χ4n) is 7.63. The SMILES string of the molecule is Cc1cc(N)nc(-c2c(Cl)c3c4c(nc(OC[C@@]56CCCN5C[C@H](F)C6)nc4c2F)N(CC2CC2C#N)C(C(C)O)CO3)c1C(F)(F)F. The molecule has 3 aliphatic heterocycles. The topological polar surface area (TPSA) is 134 Å². The maximum Gasteiger partial charge on any atom is 0.418 e. The smallest absolute Gasteiger partial charge is 0.418 e. The van der Waals surface area contributed by atoms with Gasteiger partial charge in [0.15, 0.2) is 11.6 Å². The first-order chi connectivity index (χ1) is 22.7. The van der Waals surface area contributed by atoms with E-state index in [9.17, 15) is 27.9 Å². The quantitative estimate of drug-likeness (QED) is 0.308. The van der Waals surface area contributed by atoms with E-state index in [0.717, 1.165) is 12.5 Å². The molecule has 1 aromatic carbocycles. The van der Waals surface area contributed by atoms with E-state index in [1.807, 2.05) is 4.90 Å². The predicted octanol–water partition coefficient (Wildman–Crippen LogP) is 5.46. The summed E-state index contributed by atoms with van der Waals surface area (Å²) in [5.41, 5.74) is 1.73. The van der Waals surface area contributed by atoms with Crippen LogP contribution in [0.5, 0.6) is 11.8 Å². The van der Waals surface area contributed by atoms with Gasteiger partial charge in [-0.2, -0.15) is 28.4 Å². The number of nitrogen functional groups attached to an aromatic ring is 1. The standard InChI is InChI=1S/C32H33ClF5N7O3/c1-14-6-20(40)41-26(23(14)32(36,37)38)21-24(33)28-22-27(25(21)35)42-30(48-13-31-4-3-5-44(31)11-18(34)8-31)43-29(22)45(10-17-7-16(17)9-39)19(12-47-28)15(2)46/h6,15-19,46H,3-5,7-8,10-13H2,1-2H3,(H2,40,41)/t15?,16?,17?,18-,19?,31+/m1/s1. The third-order valence-electron chi connectivity index (χ3n) is 10.1. The van der Waals surface area contributed by atoms with Crippen molar-refractivity contribution in [2.24, 2.45) is 11.8 Å². The predicted molar refractivity (Wildman–Crippen MR) is 166 cm³/mol. The minimum absolute atomic E-state index is 0.00303. The van der Waals surface area contributed by atoms with E-state index in [1.165, 1.54) is 13.8 Å². The maximum absolute atomic E-state index is 17.0. The molecular formula is C32H33ClF5N7O3. The first-order valence-electron chi connectivity index (χ1n) is 15.8. The zero-order valence-corrected chi connectivity index (χ0v) is 26.9. The van der Waals surface area contributed by atoms with Crippen molar-refractivity contribution in [1.82, 2.24) is 19.9 Å². The molecule has 0 amide bonds. The van der Waals surface area contributed by atoms with Crippen molar-refractivity contribution in [3.05, 3.63) is 28.0 Å². The summed E-state index contributed by atoms with van der Waals surface area (Å²) in [7, 11) is 0. The Hall–Kier alpha value is -3.74. The van der Waals surface area contributed by atoms with Crippen molar-refractivity contribution in [3.63, 3.8) is 0 Å². The van der Waals surface area contributed by atoms with E-state index < -0.39 is 63.2 Å². The lowest BCUT2D eigenvalue weighted by atomic mass is 9.95. The Morgan fingerprint density at radius 2 is 2.08 bits per heavy atom. The molecule has 0 bridgehead atoms. The average Bonchev–Trinajstić information content (AvgIpc) is 3.59. The van der Waals surface area contributed by atoms with E-state index in [2.05, 4.69) is 21.0 Å². The molecule has 10 nitrogen and oxygen atoms in total. The third kappa shape index (κ3) is 5.42. The Bertz CT molecular complexity index is 1840. The Labute approximate surface area is 277 Å². The summed E-state index contributed by atoms with van der Waals surface area (Å²) < 4.78 is 87.0. The number of fused-ring (bicyclic) bond motifs is 1. The van der Waals surface area contributed by atoms with Gasteiger partial charge >= 0.3 is 12.2 Å². The van der Waals surface area contributed by atoms with Gasteiger partial charge in [-0.05, 0) is 57.2 Å². The second-order valence-corrected chi connectivity index (χ2v) is 13.7. The van der Waals surface area contributed by atoms with Crippen molar-refractivity contribution < 1.29 is 36.5 Å². The number of hydrogen-bond acceptors (Lipinski definition) is 10. The highest BCUT2D eigenvalue weighted by Crippen LogP contribution is 2.51. The molecule has 0 spiro atoms. The number of pyridine rings is 1. The highest BCUT2D eigenvalue weighted by molar-refractivity contribution is 6.36. The summed E-state index contributed by atoms with van der Waals surface area (Å²) in [4.78, 5) is 16.6. The molecule has 256 valence electrons. The number of nitriles is 1. The minimum atomic E-state index is -4.96. The van der Waals surface area contributed by atoms with Crippen LogP contribution in [-0.2, 0) is 6.18 Å². The fourth-order valence-corrected chi connectivity index (χ4v) is 7.95. The molecule has 4 aliphatic rings. The monoisotopic (exact) mass is 693 g/mol.